The van der Waals surface area contributed by atoms with Crippen molar-refractivity contribution in [1.29, 1.82) is 0 Å². The topological polar surface area (TPSA) is 63.3 Å². The van der Waals surface area contributed by atoms with Crippen molar-refractivity contribution in [3.05, 3.63) is 33.8 Å². The zero-order chi connectivity index (χ0) is 10.7. The van der Waals surface area contributed by atoms with Crippen LogP contribution < -0.4 is 5.73 Å². The Morgan fingerprint density at radius 2 is 2.29 bits per heavy atom. The molecule has 0 aliphatic rings. The van der Waals surface area contributed by atoms with E-state index in [-0.39, 0.29) is 0 Å². The molecule has 0 radical (unpaired) electrons. The largest absolute Gasteiger partial charge is 0.480 e. The molecule has 0 heterocycles. The molecule has 0 unspecified atom stereocenters. The third-order valence-corrected chi connectivity index (χ3v) is 2.88. The molecule has 0 aromatic heterocycles. The summed E-state index contributed by atoms with van der Waals surface area (Å²) in [4.78, 5) is 10.5. The lowest BCUT2D eigenvalue weighted by Gasteiger charge is -2.07. The Hall–Kier alpha value is -0.870. The van der Waals surface area contributed by atoms with Crippen LogP contribution in [0.5, 0.6) is 0 Å². The quantitative estimate of drug-likeness (QED) is 0.867. The fourth-order valence-electron chi connectivity index (χ4n) is 1.18. The average molecular weight is 258 g/mol. The zero-order valence-electron chi connectivity index (χ0n) is 7.83. The minimum atomic E-state index is -0.967. The number of hydrogen-bond acceptors (Lipinski definition) is 2. The van der Waals surface area contributed by atoms with E-state index in [1.165, 1.54) is 0 Å². The van der Waals surface area contributed by atoms with Crippen molar-refractivity contribution >= 4 is 21.9 Å². The number of nitrogens with two attached hydrogens (primary N) is 1. The number of benzene rings is 1. The maximum Gasteiger partial charge on any atom is 0.320 e. The monoisotopic (exact) mass is 257 g/mol. The summed E-state index contributed by atoms with van der Waals surface area (Å²) < 4.78 is 1.02. The Balaban J connectivity index is 2.78. The minimum Gasteiger partial charge on any atom is -0.480 e. The molecule has 14 heavy (non-hydrogen) atoms. The molecule has 76 valence electrons. The van der Waals surface area contributed by atoms with Crippen LogP contribution in [0.1, 0.15) is 11.1 Å². The summed E-state index contributed by atoms with van der Waals surface area (Å²) in [5.41, 5.74) is 7.45. The fraction of sp³-hybridized carbons (Fsp3) is 0.300. The van der Waals surface area contributed by atoms with E-state index in [0.29, 0.717) is 6.42 Å². The molecule has 0 saturated carbocycles. The predicted molar refractivity (Wildman–Crippen MR) is 58.2 cm³/mol. The standard InChI is InChI=1S/C10H12BrNO2/c1-6-4-7(2-3-8(6)11)5-9(12)10(13)14/h2-4,9H,5,12H2,1H3,(H,13,14)/t9-/m0/s1. The van der Waals surface area contributed by atoms with Gasteiger partial charge in [-0.25, -0.2) is 0 Å². The van der Waals surface area contributed by atoms with Gasteiger partial charge in [-0.15, -0.1) is 0 Å². The molecular weight excluding hydrogens is 246 g/mol. The summed E-state index contributed by atoms with van der Waals surface area (Å²) in [6, 6.07) is 4.89. The van der Waals surface area contributed by atoms with Crippen molar-refractivity contribution in [3.63, 3.8) is 0 Å². The number of aliphatic carboxylic acids is 1. The normalized spacial score (nSPS) is 12.5. The van der Waals surface area contributed by atoms with Crippen molar-refractivity contribution in [2.45, 2.75) is 19.4 Å². The molecule has 4 heteroatoms. The van der Waals surface area contributed by atoms with Gasteiger partial charge in [0.15, 0.2) is 0 Å². The number of aryl methyl sites for hydroxylation is 1. The van der Waals surface area contributed by atoms with E-state index in [0.717, 1.165) is 15.6 Å². The molecule has 3 nitrogen and oxygen atoms in total. The third-order valence-electron chi connectivity index (χ3n) is 2.00. The third kappa shape index (κ3) is 2.82. The molecular formula is C10H12BrNO2. The number of carbonyl (C=O) groups is 1. The second-order valence-corrected chi connectivity index (χ2v) is 4.09. The highest BCUT2D eigenvalue weighted by atomic mass is 79.9. The Morgan fingerprint density at radius 1 is 1.64 bits per heavy atom. The molecule has 1 atom stereocenters. The van der Waals surface area contributed by atoms with E-state index >= 15 is 0 Å². The number of carboxylic acids is 1. The van der Waals surface area contributed by atoms with Gasteiger partial charge in [0.2, 0.25) is 0 Å². The number of halogens is 1. The smallest absolute Gasteiger partial charge is 0.320 e. The highest BCUT2D eigenvalue weighted by molar-refractivity contribution is 9.10. The van der Waals surface area contributed by atoms with E-state index in [1.54, 1.807) is 0 Å². The maximum atomic E-state index is 10.5. The Bertz CT molecular complexity index is 352. The first-order chi connectivity index (χ1) is 6.50. The Morgan fingerprint density at radius 3 is 2.79 bits per heavy atom. The summed E-state index contributed by atoms with van der Waals surface area (Å²) in [5, 5.41) is 8.63. The summed E-state index contributed by atoms with van der Waals surface area (Å²) in [7, 11) is 0. The van der Waals surface area contributed by atoms with Crippen LogP contribution in [0.15, 0.2) is 22.7 Å². The van der Waals surface area contributed by atoms with Gasteiger partial charge in [-0.3, -0.25) is 4.79 Å². The zero-order valence-corrected chi connectivity index (χ0v) is 9.41. The van der Waals surface area contributed by atoms with Crippen molar-refractivity contribution in [3.8, 4) is 0 Å². The molecule has 0 amide bonds. The van der Waals surface area contributed by atoms with Gasteiger partial charge >= 0.3 is 5.97 Å². The number of hydrogen-bond donors (Lipinski definition) is 2. The molecule has 0 aliphatic heterocycles. The van der Waals surface area contributed by atoms with Gasteiger partial charge in [-0.1, -0.05) is 28.1 Å². The van der Waals surface area contributed by atoms with E-state index < -0.39 is 12.0 Å². The first-order valence-electron chi connectivity index (χ1n) is 4.24. The SMILES string of the molecule is Cc1cc(C[C@H](N)C(=O)O)ccc1Br. The van der Waals surface area contributed by atoms with E-state index in [1.807, 2.05) is 25.1 Å². The van der Waals surface area contributed by atoms with Gasteiger partial charge in [0.25, 0.3) is 0 Å². The number of rotatable bonds is 3. The van der Waals surface area contributed by atoms with E-state index in [4.69, 9.17) is 10.8 Å². The van der Waals surface area contributed by atoms with Crippen LogP contribution in [0.25, 0.3) is 0 Å². The van der Waals surface area contributed by atoms with Gasteiger partial charge in [-0.2, -0.15) is 0 Å². The first-order valence-corrected chi connectivity index (χ1v) is 5.03. The fourth-order valence-corrected chi connectivity index (χ4v) is 1.42. The molecule has 0 saturated heterocycles. The lowest BCUT2D eigenvalue weighted by molar-refractivity contribution is -0.138. The average Bonchev–Trinajstić information content (AvgIpc) is 2.11. The van der Waals surface area contributed by atoms with Gasteiger partial charge in [0.05, 0.1) is 0 Å². The Labute approximate surface area is 91.1 Å². The minimum absolute atomic E-state index is 0.365. The highest BCUT2D eigenvalue weighted by Gasteiger charge is 2.12. The van der Waals surface area contributed by atoms with E-state index in [9.17, 15) is 4.79 Å². The van der Waals surface area contributed by atoms with Crippen molar-refractivity contribution in [1.82, 2.24) is 0 Å². The second kappa shape index (κ2) is 4.57. The van der Waals surface area contributed by atoms with Gasteiger partial charge in [0, 0.05) is 4.47 Å². The second-order valence-electron chi connectivity index (χ2n) is 3.23. The molecule has 1 aromatic rings. The molecule has 1 rings (SSSR count). The van der Waals surface area contributed by atoms with Crippen LogP contribution in [0.4, 0.5) is 0 Å². The molecule has 0 aliphatic carbocycles. The summed E-state index contributed by atoms with van der Waals surface area (Å²) in [6.07, 6.45) is 0.365. The molecule has 0 fully saturated rings. The van der Waals surface area contributed by atoms with Gasteiger partial charge in [-0.05, 0) is 30.5 Å². The lowest BCUT2D eigenvalue weighted by atomic mass is 10.0. The van der Waals surface area contributed by atoms with Crippen LogP contribution in [-0.2, 0) is 11.2 Å². The molecule has 0 bridgehead atoms. The summed E-state index contributed by atoms with van der Waals surface area (Å²) >= 11 is 3.38. The van der Waals surface area contributed by atoms with Gasteiger partial charge < -0.3 is 10.8 Å². The first kappa shape index (κ1) is 11.2. The van der Waals surface area contributed by atoms with Crippen molar-refractivity contribution < 1.29 is 9.90 Å². The van der Waals surface area contributed by atoms with Gasteiger partial charge in [0.1, 0.15) is 6.04 Å². The van der Waals surface area contributed by atoms with Crippen LogP contribution in [0.2, 0.25) is 0 Å². The molecule has 3 N–H and O–H groups in total. The van der Waals surface area contributed by atoms with Crippen LogP contribution in [0, 0.1) is 6.92 Å². The van der Waals surface area contributed by atoms with Crippen LogP contribution in [-0.4, -0.2) is 17.1 Å². The highest BCUT2D eigenvalue weighted by Crippen LogP contribution is 2.17. The van der Waals surface area contributed by atoms with Crippen LogP contribution in [0.3, 0.4) is 0 Å². The Kier molecular flexibility index (Phi) is 3.66. The summed E-state index contributed by atoms with van der Waals surface area (Å²) in [5.74, 6) is -0.967. The van der Waals surface area contributed by atoms with E-state index in [2.05, 4.69) is 15.9 Å². The lowest BCUT2D eigenvalue weighted by Crippen LogP contribution is -2.32. The van der Waals surface area contributed by atoms with Crippen LogP contribution >= 0.6 is 15.9 Å². The number of carboxylic acid groups (broad SMARTS) is 1. The molecule has 0 spiro atoms. The maximum absolute atomic E-state index is 10.5. The summed E-state index contributed by atoms with van der Waals surface area (Å²) in [6.45, 7) is 1.96. The molecule has 1 aromatic carbocycles. The predicted octanol–water partition coefficient (Wildman–Crippen LogP) is 1.71. The van der Waals surface area contributed by atoms with Crippen molar-refractivity contribution in [2.24, 2.45) is 5.73 Å². The van der Waals surface area contributed by atoms with Crippen molar-refractivity contribution in [2.75, 3.05) is 0 Å².